The Bertz CT molecular complexity index is 352. The first-order chi connectivity index (χ1) is 8.47. The summed E-state index contributed by atoms with van der Waals surface area (Å²) in [6, 6.07) is 0. The van der Waals surface area contributed by atoms with E-state index in [4.69, 9.17) is 5.80 Å². The van der Waals surface area contributed by atoms with Crippen molar-refractivity contribution in [2.75, 3.05) is 0 Å². The second-order valence-corrected chi connectivity index (χ2v) is 12.3. The highest BCUT2D eigenvalue weighted by Crippen LogP contribution is 2.42. The van der Waals surface area contributed by atoms with Crippen LogP contribution in [0.2, 0.25) is 18.1 Å². The average molecular weight is 270 g/mol. The van der Waals surface area contributed by atoms with E-state index in [0.717, 1.165) is 18.6 Å². The van der Waals surface area contributed by atoms with E-state index in [1.807, 2.05) is 0 Å². The number of hydrogen-bond acceptors (Lipinski definition) is 1. The Labute approximate surface area is 117 Å². The molecule has 106 valence electrons. The molecule has 0 fully saturated rings. The summed E-state index contributed by atoms with van der Waals surface area (Å²) < 4.78 is 15.0. The molecule has 0 aromatic carbocycles. The van der Waals surface area contributed by atoms with Gasteiger partial charge >= 0.3 is 0 Å². The lowest BCUT2D eigenvalue weighted by Crippen LogP contribution is -2.41. The smallest absolute Gasteiger partial charge is 0.250 e. The van der Waals surface area contributed by atoms with Crippen LogP contribution >= 0.6 is 0 Å². The predicted molar refractivity (Wildman–Crippen MR) is 83.2 cm³/mol. The lowest BCUT2D eigenvalue weighted by atomic mass is 9.85. The van der Waals surface area contributed by atoms with Gasteiger partial charge in [-0.05, 0) is 48.4 Å². The highest BCUT2D eigenvalue weighted by atomic mass is 28.4. The Kier molecular flexibility index (Phi) is 4.25. The normalized spacial score (nSPS) is 27.5. The van der Waals surface area contributed by atoms with E-state index < -0.39 is 8.32 Å². The van der Waals surface area contributed by atoms with E-state index >= 15 is 0 Å². The Hall–Kier alpha value is -0.243. The summed E-state index contributed by atoms with van der Waals surface area (Å²) in [6.07, 6.45) is 2.07. The van der Waals surface area contributed by atoms with Crippen LogP contribution in [-0.4, -0.2) is 8.32 Å². The van der Waals surface area contributed by atoms with Crippen molar-refractivity contribution in [1.82, 2.24) is 0 Å². The molecule has 1 aliphatic rings. The van der Waals surface area contributed by atoms with E-state index in [1.165, 1.54) is 5.57 Å². The number of rotatable bonds is 3. The van der Waals surface area contributed by atoms with Crippen molar-refractivity contribution in [3.8, 4) is 0 Å². The zero-order valence-electron chi connectivity index (χ0n) is 14.6. The molecule has 1 aliphatic carbocycles. The average Bonchev–Trinajstić information content (AvgIpc) is 2.22. The van der Waals surface area contributed by atoms with Crippen molar-refractivity contribution < 1.29 is 5.80 Å². The SMILES string of the molecule is [2H][C@H]1C(O[Si](C)(C)C(C)(C)C)=C(C(C)C)CC[C@H]1C. The van der Waals surface area contributed by atoms with Gasteiger partial charge in [-0.15, -0.1) is 0 Å². The quantitative estimate of drug-likeness (QED) is 0.594. The van der Waals surface area contributed by atoms with Crippen molar-refractivity contribution in [3.63, 3.8) is 0 Å². The first-order valence-electron chi connectivity index (χ1n) is 7.89. The van der Waals surface area contributed by atoms with Gasteiger partial charge in [-0.1, -0.05) is 41.5 Å². The monoisotopic (exact) mass is 269 g/mol. The van der Waals surface area contributed by atoms with E-state index in [9.17, 15) is 0 Å². The standard InChI is InChI=1S/C16H32OSi/c1-12(2)14-10-9-13(3)11-15(14)17-18(7,8)16(4,5)6/h12-13H,9-11H2,1-8H3/t13-/m1/s1/i11D/t11-,13-. The summed E-state index contributed by atoms with van der Waals surface area (Å²) in [5.41, 5.74) is 1.39. The molecular formula is C16H32OSi. The van der Waals surface area contributed by atoms with Crippen molar-refractivity contribution in [3.05, 3.63) is 11.3 Å². The fourth-order valence-electron chi connectivity index (χ4n) is 2.06. The van der Waals surface area contributed by atoms with Crippen LogP contribution in [0.15, 0.2) is 11.3 Å². The van der Waals surface area contributed by atoms with Gasteiger partial charge in [0.15, 0.2) is 0 Å². The van der Waals surface area contributed by atoms with E-state index in [0.29, 0.717) is 11.8 Å². The molecule has 0 saturated carbocycles. The second kappa shape index (κ2) is 5.40. The lowest BCUT2D eigenvalue weighted by molar-refractivity contribution is 0.305. The van der Waals surface area contributed by atoms with Crippen molar-refractivity contribution in [1.29, 1.82) is 0 Å². The molecule has 0 bridgehead atoms. The van der Waals surface area contributed by atoms with Gasteiger partial charge in [0, 0.05) is 7.77 Å². The van der Waals surface area contributed by atoms with Gasteiger partial charge in [-0.2, -0.15) is 0 Å². The highest BCUT2D eigenvalue weighted by molar-refractivity contribution is 6.74. The highest BCUT2D eigenvalue weighted by Gasteiger charge is 2.40. The molecule has 0 saturated heterocycles. The van der Waals surface area contributed by atoms with Crippen LogP contribution in [-0.2, 0) is 4.43 Å². The fourth-order valence-corrected chi connectivity index (χ4v) is 3.11. The third-order valence-electron chi connectivity index (χ3n) is 4.49. The van der Waals surface area contributed by atoms with Crippen molar-refractivity contribution in [2.24, 2.45) is 11.8 Å². The Morgan fingerprint density at radius 1 is 1.33 bits per heavy atom. The molecule has 1 nitrogen and oxygen atoms in total. The van der Waals surface area contributed by atoms with Gasteiger partial charge in [-0.3, -0.25) is 0 Å². The number of allylic oxidation sites excluding steroid dienone is 2. The molecule has 0 N–H and O–H groups in total. The minimum atomic E-state index is -1.83. The van der Waals surface area contributed by atoms with E-state index in [2.05, 4.69) is 54.6 Å². The summed E-state index contributed by atoms with van der Waals surface area (Å²) in [7, 11) is -1.83. The van der Waals surface area contributed by atoms with Gasteiger partial charge in [0.05, 0.1) is 5.76 Å². The van der Waals surface area contributed by atoms with Gasteiger partial charge in [0.25, 0.3) is 0 Å². The van der Waals surface area contributed by atoms with Crippen LogP contribution in [0.5, 0.6) is 0 Å². The second-order valence-electron chi connectivity index (χ2n) is 7.59. The summed E-state index contributed by atoms with van der Waals surface area (Å²) in [5, 5.41) is 0.197. The Balaban J connectivity index is 3.11. The largest absolute Gasteiger partial charge is 0.547 e. The van der Waals surface area contributed by atoms with Gasteiger partial charge in [0.1, 0.15) is 0 Å². The molecule has 1 rings (SSSR count). The topological polar surface area (TPSA) is 9.23 Å². The molecular weight excluding hydrogens is 236 g/mol. The molecule has 0 spiro atoms. The maximum atomic E-state index is 8.48. The summed E-state index contributed by atoms with van der Waals surface area (Å²) in [4.78, 5) is 0. The minimum absolute atomic E-state index is 0.166. The van der Waals surface area contributed by atoms with Crippen LogP contribution < -0.4 is 0 Å². The Morgan fingerprint density at radius 2 is 1.89 bits per heavy atom. The third kappa shape index (κ3) is 3.63. The van der Waals surface area contributed by atoms with E-state index in [1.54, 1.807) is 0 Å². The first-order valence-corrected chi connectivity index (χ1v) is 10.2. The molecule has 0 radical (unpaired) electrons. The third-order valence-corrected chi connectivity index (χ3v) is 8.83. The summed E-state index contributed by atoms with van der Waals surface area (Å²) in [6.45, 7) is 18.0. The van der Waals surface area contributed by atoms with E-state index in [-0.39, 0.29) is 11.4 Å². The minimum Gasteiger partial charge on any atom is -0.547 e. The van der Waals surface area contributed by atoms with Gasteiger partial charge < -0.3 is 4.43 Å². The molecule has 18 heavy (non-hydrogen) atoms. The van der Waals surface area contributed by atoms with Crippen molar-refractivity contribution in [2.45, 2.75) is 78.9 Å². The molecule has 2 heteroatoms. The number of hydrogen-bond donors (Lipinski definition) is 0. The van der Waals surface area contributed by atoms with Crippen LogP contribution in [0.4, 0.5) is 0 Å². The molecule has 0 unspecified atom stereocenters. The zero-order chi connectivity index (χ0) is 15.0. The molecule has 0 amide bonds. The molecule has 0 aromatic heterocycles. The van der Waals surface area contributed by atoms with Crippen LogP contribution in [0.25, 0.3) is 0 Å². The maximum Gasteiger partial charge on any atom is 0.250 e. The van der Waals surface area contributed by atoms with Crippen molar-refractivity contribution >= 4 is 8.32 Å². The van der Waals surface area contributed by atoms with Crippen LogP contribution in [0.3, 0.4) is 0 Å². The predicted octanol–water partition coefficient (Wildman–Crippen LogP) is 5.74. The lowest BCUT2D eigenvalue weighted by Gasteiger charge is -2.40. The van der Waals surface area contributed by atoms with Gasteiger partial charge in [-0.25, -0.2) is 0 Å². The molecule has 0 aliphatic heterocycles. The van der Waals surface area contributed by atoms with Crippen LogP contribution in [0, 0.1) is 11.8 Å². The molecule has 0 aromatic rings. The zero-order valence-corrected chi connectivity index (χ0v) is 14.6. The fraction of sp³-hybridized carbons (Fsp3) is 0.875. The summed E-state index contributed by atoms with van der Waals surface area (Å²) >= 11 is 0. The Morgan fingerprint density at radius 3 is 2.33 bits per heavy atom. The van der Waals surface area contributed by atoms with Gasteiger partial charge in [0.2, 0.25) is 8.32 Å². The first kappa shape index (κ1) is 14.2. The maximum absolute atomic E-state index is 8.48. The molecule has 2 atom stereocenters. The van der Waals surface area contributed by atoms with Crippen LogP contribution in [0.1, 0.15) is 62.2 Å². The molecule has 0 heterocycles. The summed E-state index contributed by atoms with van der Waals surface area (Å²) in [5.74, 6) is 1.93.